The molecule has 2 radical (unpaired) electrons. The fraction of sp³-hybridized carbons (Fsp3) is 0. The van der Waals surface area contributed by atoms with Gasteiger partial charge in [0.25, 0.3) is 0 Å². The first-order valence-corrected chi connectivity index (χ1v) is 3.44. The van der Waals surface area contributed by atoms with E-state index in [4.69, 9.17) is 0 Å². The van der Waals surface area contributed by atoms with E-state index in [-0.39, 0.29) is 0 Å². The van der Waals surface area contributed by atoms with E-state index in [1.165, 1.54) is 6.07 Å². The Hall–Kier alpha value is 0.00870. The molecule has 0 aliphatic heterocycles. The second kappa shape index (κ2) is 1.86. The van der Waals surface area contributed by atoms with Gasteiger partial charge in [-0.25, -0.2) is 0 Å². The molecule has 0 saturated carbocycles. The van der Waals surface area contributed by atoms with Gasteiger partial charge in [0.2, 0.25) is 0 Å². The van der Waals surface area contributed by atoms with Gasteiger partial charge in [0.05, 0.1) is 0 Å². The summed E-state index contributed by atoms with van der Waals surface area (Å²) in [4.78, 5) is 0. The van der Waals surface area contributed by atoms with E-state index in [0.29, 0.717) is 0 Å². The van der Waals surface area contributed by atoms with E-state index in [1.54, 1.807) is 6.07 Å². The molecule has 0 aliphatic rings. The van der Waals surface area contributed by atoms with Crippen LogP contribution < -0.4 is 3.78 Å². The minimum absolute atomic E-state index is 0.484. The summed E-state index contributed by atoms with van der Waals surface area (Å²) in [7, 11) is 0. The molecule has 7 heavy (non-hydrogen) atoms. The van der Waals surface area contributed by atoms with Crippen LogP contribution in [-0.2, 0) is 0 Å². The number of furan rings is 1. The molecule has 0 spiro atoms. The van der Waals surface area contributed by atoms with Crippen molar-refractivity contribution in [2.45, 2.75) is 0 Å². The van der Waals surface area contributed by atoms with Gasteiger partial charge in [0.1, 0.15) is 0 Å². The molecule has 0 N–H and O–H groups in total. The minimum atomic E-state index is -0.484. The molecule has 0 aromatic carbocycles. The molecular weight excluding hydrogens is 202 g/mol. The molecular formula is C4H3FOSn. The molecule has 36 valence electrons. The Morgan fingerprint density at radius 3 is 2.43 bits per heavy atom. The zero-order valence-corrected chi connectivity index (χ0v) is 6.81. The number of halogens is 1. The Morgan fingerprint density at radius 2 is 2.29 bits per heavy atom. The van der Waals surface area contributed by atoms with Crippen molar-refractivity contribution in [2.75, 3.05) is 0 Å². The molecule has 0 amide bonds. The fourth-order valence-corrected chi connectivity index (χ4v) is 0.924. The normalized spacial score (nSPS) is 9.43. The van der Waals surface area contributed by atoms with Crippen molar-refractivity contribution in [3.63, 3.8) is 0 Å². The Kier molecular flexibility index (Phi) is 1.37. The molecule has 0 saturated heterocycles. The first-order valence-electron chi connectivity index (χ1n) is 1.80. The fourth-order valence-electron chi connectivity index (χ4n) is 0.328. The first kappa shape index (κ1) is 5.15. The average Bonchev–Trinajstić information content (AvgIpc) is 1.87. The second-order valence-electron chi connectivity index (χ2n) is 1.14. The third-order valence-electron chi connectivity index (χ3n) is 0.594. The monoisotopic (exact) mass is 206 g/mol. The predicted molar refractivity (Wildman–Crippen MR) is 25.4 cm³/mol. The molecule has 1 heterocycles. The molecule has 1 nitrogen and oxygen atoms in total. The zero-order valence-electron chi connectivity index (χ0n) is 3.52. The van der Waals surface area contributed by atoms with E-state index in [0.717, 1.165) is 26.3 Å². The number of rotatable bonds is 0. The quantitative estimate of drug-likeness (QED) is 0.540. The average molecular weight is 205 g/mol. The SMILES string of the molecule is Fc1cc[c]([SnH])o1. The van der Waals surface area contributed by atoms with Crippen LogP contribution in [-0.4, -0.2) is 22.5 Å². The summed E-state index contributed by atoms with van der Waals surface area (Å²) >= 11 is 0.846. The van der Waals surface area contributed by atoms with Gasteiger partial charge < -0.3 is 0 Å². The predicted octanol–water partition coefficient (Wildman–Crippen LogP) is -0.0552. The molecule has 1 aromatic heterocycles. The van der Waals surface area contributed by atoms with Crippen molar-refractivity contribution in [3.8, 4) is 0 Å². The molecule has 0 bridgehead atoms. The zero-order chi connectivity index (χ0) is 5.28. The topological polar surface area (TPSA) is 13.1 Å². The van der Waals surface area contributed by atoms with Crippen molar-refractivity contribution in [3.05, 3.63) is 18.1 Å². The third-order valence-corrected chi connectivity index (χ3v) is 1.48. The van der Waals surface area contributed by atoms with Crippen LogP contribution in [0.25, 0.3) is 0 Å². The molecule has 1 aromatic rings. The summed E-state index contributed by atoms with van der Waals surface area (Å²) in [6.07, 6.45) is 0. The summed E-state index contributed by atoms with van der Waals surface area (Å²) in [5, 5.41) is 0. The number of hydrogen-bond donors (Lipinski definition) is 0. The summed E-state index contributed by atoms with van der Waals surface area (Å²) in [5.74, 6) is 0. The van der Waals surface area contributed by atoms with Gasteiger partial charge in [-0.05, 0) is 0 Å². The standard InChI is InChI=1S/C4H2FO.Sn.H/c5-4-2-1-3-6-4;;/h1-2H;;. The van der Waals surface area contributed by atoms with Crippen LogP contribution in [0.2, 0.25) is 0 Å². The van der Waals surface area contributed by atoms with Gasteiger partial charge in [-0.1, -0.05) is 0 Å². The molecule has 1 rings (SSSR count). The summed E-state index contributed by atoms with van der Waals surface area (Å²) in [6.45, 7) is 0. The number of hydrogen-bond acceptors (Lipinski definition) is 1. The Labute approximate surface area is 53.6 Å². The Balaban J connectivity index is 3.04. The van der Waals surface area contributed by atoms with Crippen molar-refractivity contribution in [2.24, 2.45) is 0 Å². The van der Waals surface area contributed by atoms with E-state index in [1.807, 2.05) is 0 Å². The van der Waals surface area contributed by atoms with Crippen LogP contribution in [0.5, 0.6) is 0 Å². The molecule has 3 heteroatoms. The van der Waals surface area contributed by atoms with Crippen LogP contribution in [0, 0.1) is 6.01 Å². The maximum absolute atomic E-state index is 11.8. The van der Waals surface area contributed by atoms with Crippen LogP contribution in [0.15, 0.2) is 16.5 Å². The van der Waals surface area contributed by atoms with E-state index in [2.05, 4.69) is 4.42 Å². The van der Waals surface area contributed by atoms with Gasteiger partial charge in [-0.3, -0.25) is 0 Å². The summed E-state index contributed by atoms with van der Waals surface area (Å²) < 4.78 is 17.0. The van der Waals surface area contributed by atoms with Crippen molar-refractivity contribution in [1.29, 1.82) is 0 Å². The molecule has 0 fully saturated rings. The van der Waals surface area contributed by atoms with Crippen LogP contribution >= 0.6 is 0 Å². The van der Waals surface area contributed by atoms with Crippen molar-refractivity contribution >= 4 is 26.3 Å². The summed E-state index contributed by atoms with van der Waals surface area (Å²) in [5.41, 5.74) is 0. The van der Waals surface area contributed by atoms with Crippen LogP contribution in [0.3, 0.4) is 0 Å². The molecule has 0 atom stereocenters. The van der Waals surface area contributed by atoms with Crippen molar-refractivity contribution < 1.29 is 8.81 Å². The van der Waals surface area contributed by atoms with Crippen LogP contribution in [0.1, 0.15) is 0 Å². The van der Waals surface area contributed by atoms with Crippen LogP contribution in [0.4, 0.5) is 4.39 Å². The van der Waals surface area contributed by atoms with Gasteiger partial charge >= 0.3 is 53.3 Å². The second-order valence-corrected chi connectivity index (χ2v) is 2.77. The molecule has 0 aliphatic carbocycles. The molecule has 0 unspecified atom stereocenters. The Morgan fingerprint density at radius 1 is 1.57 bits per heavy atom. The third kappa shape index (κ3) is 1.19. The first-order chi connectivity index (χ1) is 3.29. The van der Waals surface area contributed by atoms with Gasteiger partial charge in [-0.15, -0.1) is 0 Å². The van der Waals surface area contributed by atoms with E-state index < -0.39 is 6.01 Å². The Bertz CT molecular complexity index is 144. The summed E-state index contributed by atoms with van der Waals surface area (Å²) in [6, 6.07) is 2.47. The van der Waals surface area contributed by atoms with Gasteiger partial charge in [0, 0.05) is 0 Å². The van der Waals surface area contributed by atoms with Gasteiger partial charge in [0.15, 0.2) is 0 Å². The van der Waals surface area contributed by atoms with E-state index >= 15 is 0 Å². The van der Waals surface area contributed by atoms with E-state index in [9.17, 15) is 4.39 Å². The van der Waals surface area contributed by atoms with Crippen molar-refractivity contribution in [1.82, 2.24) is 0 Å². The van der Waals surface area contributed by atoms with Gasteiger partial charge in [-0.2, -0.15) is 0 Å². The maximum atomic E-state index is 11.8.